The van der Waals surface area contributed by atoms with E-state index in [1.54, 1.807) is 37.2 Å². The predicted octanol–water partition coefficient (Wildman–Crippen LogP) is 2.73. The number of likely N-dealkylation sites (N-methyl/N-ethyl adjacent to an activating group) is 1. The van der Waals surface area contributed by atoms with Crippen LogP contribution in [0.5, 0.6) is 0 Å². The molecule has 0 radical (unpaired) electrons. The van der Waals surface area contributed by atoms with Gasteiger partial charge in [0.05, 0.1) is 0 Å². The molecule has 0 aliphatic carbocycles. The normalized spacial score (nSPS) is 13.4. The number of hydrogen-bond acceptors (Lipinski definition) is 2. The van der Waals surface area contributed by atoms with E-state index < -0.39 is 6.04 Å². The van der Waals surface area contributed by atoms with Gasteiger partial charge in [-0.1, -0.05) is 25.1 Å². The van der Waals surface area contributed by atoms with Crippen molar-refractivity contribution in [3.05, 3.63) is 35.6 Å². The van der Waals surface area contributed by atoms with Crippen molar-refractivity contribution < 1.29 is 9.18 Å². The maximum absolute atomic E-state index is 13.9. The molecular formula is C15H23FN2O. The number of carbonyl (C=O) groups excluding carboxylic acids is 1. The van der Waals surface area contributed by atoms with Gasteiger partial charge in [0.25, 0.3) is 0 Å². The highest BCUT2D eigenvalue weighted by Crippen LogP contribution is 2.22. The fourth-order valence-electron chi connectivity index (χ4n) is 1.84. The Labute approximate surface area is 114 Å². The monoisotopic (exact) mass is 266 g/mol. The van der Waals surface area contributed by atoms with Crippen LogP contribution < -0.4 is 5.32 Å². The summed E-state index contributed by atoms with van der Waals surface area (Å²) in [5.41, 5.74) is 0.105. The molecule has 4 heteroatoms. The second-order valence-electron chi connectivity index (χ2n) is 5.61. The summed E-state index contributed by atoms with van der Waals surface area (Å²) >= 11 is 0. The summed E-state index contributed by atoms with van der Waals surface area (Å²) in [7, 11) is 3.55. The van der Waals surface area contributed by atoms with Crippen LogP contribution >= 0.6 is 0 Å². The van der Waals surface area contributed by atoms with Crippen LogP contribution in [0.2, 0.25) is 0 Å². The molecule has 0 aliphatic rings. The average molecular weight is 266 g/mol. The average Bonchev–Trinajstić information content (AvgIpc) is 2.31. The largest absolute Gasteiger partial charge is 0.350 e. The van der Waals surface area contributed by atoms with Crippen LogP contribution in [0.3, 0.4) is 0 Å². The molecule has 0 saturated carbocycles. The van der Waals surface area contributed by atoms with Crippen LogP contribution in [0, 0.1) is 5.82 Å². The van der Waals surface area contributed by atoms with E-state index in [2.05, 4.69) is 5.32 Å². The molecular weight excluding hydrogens is 243 g/mol. The van der Waals surface area contributed by atoms with Gasteiger partial charge in [0.1, 0.15) is 11.9 Å². The number of amides is 1. The number of rotatable bonds is 5. The molecule has 0 aliphatic heterocycles. The molecule has 0 heterocycles. The van der Waals surface area contributed by atoms with E-state index in [9.17, 15) is 9.18 Å². The van der Waals surface area contributed by atoms with Crippen molar-refractivity contribution in [2.24, 2.45) is 0 Å². The molecule has 0 fully saturated rings. The Bertz CT molecular complexity index is 444. The third-order valence-electron chi connectivity index (χ3n) is 3.31. The SMILES string of the molecule is CCC(C)(C)NC(=O)[C@H](c1ccccc1F)N(C)C. The lowest BCUT2D eigenvalue weighted by Crippen LogP contribution is -2.47. The number of halogens is 1. The van der Waals surface area contributed by atoms with E-state index in [-0.39, 0.29) is 17.3 Å². The fraction of sp³-hybridized carbons (Fsp3) is 0.533. The minimum Gasteiger partial charge on any atom is -0.350 e. The van der Waals surface area contributed by atoms with Crippen LogP contribution in [0.15, 0.2) is 24.3 Å². The Balaban J connectivity index is 3.03. The van der Waals surface area contributed by atoms with Crippen molar-refractivity contribution in [1.82, 2.24) is 10.2 Å². The molecule has 1 amide bonds. The molecule has 0 unspecified atom stereocenters. The van der Waals surface area contributed by atoms with Gasteiger partial charge in [-0.25, -0.2) is 4.39 Å². The Morgan fingerprint density at radius 2 is 1.95 bits per heavy atom. The van der Waals surface area contributed by atoms with Crippen molar-refractivity contribution in [3.63, 3.8) is 0 Å². The first-order valence-electron chi connectivity index (χ1n) is 6.51. The number of hydrogen-bond donors (Lipinski definition) is 1. The zero-order valence-electron chi connectivity index (χ0n) is 12.3. The van der Waals surface area contributed by atoms with E-state index >= 15 is 0 Å². The smallest absolute Gasteiger partial charge is 0.242 e. The Morgan fingerprint density at radius 3 is 2.42 bits per heavy atom. The second kappa shape index (κ2) is 6.15. The van der Waals surface area contributed by atoms with Gasteiger partial charge in [0.2, 0.25) is 5.91 Å². The topological polar surface area (TPSA) is 32.3 Å². The first-order chi connectivity index (χ1) is 8.78. The molecule has 106 valence electrons. The zero-order chi connectivity index (χ0) is 14.6. The molecule has 0 aromatic heterocycles. The summed E-state index contributed by atoms with van der Waals surface area (Å²) in [5, 5.41) is 2.97. The first kappa shape index (κ1) is 15.6. The molecule has 19 heavy (non-hydrogen) atoms. The quantitative estimate of drug-likeness (QED) is 0.888. The number of carbonyl (C=O) groups is 1. The lowest BCUT2D eigenvalue weighted by Gasteiger charge is -2.30. The van der Waals surface area contributed by atoms with E-state index in [1.165, 1.54) is 6.07 Å². The van der Waals surface area contributed by atoms with Crippen molar-refractivity contribution >= 4 is 5.91 Å². The molecule has 1 atom stereocenters. The standard InChI is InChI=1S/C15H23FN2O/c1-6-15(2,3)17-14(19)13(18(4)5)11-9-7-8-10-12(11)16/h7-10,13H,6H2,1-5H3,(H,17,19)/t13-/m0/s1. The molecule has 1 N–H and O–H groups in total. The molecule has 0 spiro atoms. The molecule has 3 nitrogen and oxygen atoms in total. The summed E-state index contributed by atoms with van der Waals surface area (Å²) in [6, 6.07) is 5.78. The molecule has 1 aromatic rings. The van der Waals surface area contributed by atoms with Crippen molar-refractivity contribution in [2.75, 3.05) is 14.1 Å². The second-order valence-corrected chi connectivity index (χ2v) is 5.61. The highest BCUT2D eigenvalue weighted by atomic mass is 19.1. The first-order valence-corrected chi connectivity index (χ1v) is 6.51. The van der Waals surface area contributed by atoms with Crippen molar-refractivity contribution in [3.8, 4) is 0 Å². The molecule has 0 saturated heterocycles. The van der Waals surface area contributed by atoms with Crippen LogP contribution in [0.25, 0.3) is 0 Å². The summed E-state index contributed by atoms with van der Waals surface area (Å²) in [6.45, 7) is 5.92. The van der Waals surface area contributed by atoms with Crippen molar-refractivity contribution in [1.29, 1.82) is 0 Å². The zero-order valence-corrected chi connectivity index (χ0v) is 12.3. The van der Waals surface area contributed by atoms with Gasteiger partial charge in [-0.05, 0) is 40.4 Å². The third kappa shape index (κ3) is 4.03. The maximum Gasteiger partial charge on any atom is 0.242 e. The predicted molar refractivity (Wildman–Crippen MR) is 75.3 cm³/mol. The van der Waals surface area contributed by atoms with Crippen LogP contribution in [0.1, 0.15) is 38.8 Å². The molecule has 0 bridgehead atoms. The van der Waals surface area contributed by atoms with Crippen LogP contribution in [-0.4, -0.2) is 30.4 Å². The number of nitrogens with one attached hydrogen (secondary N) is 1. The maximum atomic E-state index is 13.9. The Morgan fingerprint density at radius 1 is 1.37 bits per heavy atom. The van der Waals surface area contributed by atoms with Crippen molar-refractivity contribution in [2.45, 2.75) is 38.8 Å². The number of nitrogens with zero attached hydrogens (tertiary/aromatic N) is 1. The van der Waals surface area contributed by atoms with E-state index in [1.807, 2.05) is 20.8 Å². The summed E-state index contributed by atoms with van der Waals surface area (Å²) in [5.74, 6) is -0.535. The van der Waals surface area contributed by atoms with Gasteiger partial charge >= 0.3 is 0 Å². The van der Waals surface area contributed by atoms with Gasteiger partial charge in [0, 0.05) is 11.1 Å². The van der Waals surface area contributed by atoms with Crippen LogP contribution in [0.4, 0.5) is 4.39 Å². The third-order valence-corrected chi connectivity index (χ3v) is 3.31. The minimum absolute atomic E-state index is 0.179. The fourth-order valence-corrected chi connectivity index (χ4v) is 1.84. The van der Waals surface area contributed by atoms with Gasteiger partial charge in [-0.2, -0.15) is 0 Å². The lowest BCUT2D eigenvalue weighted by molar-refractivity contribution is -0.127. The van der Waals surface area contributed by atoms with Gasteiger partial charge in [-0.15, -0.1) is 0 Å². The summed E-state index contributed by atoms with van der Waals surface area (Å²) in [6.07, 6.45) is 0.816. The minimum atomic E-state index is -0.618. The van der Waals surface area contributed by atoms with E-state index in [4.69, 9.17) is 0 Å². The highest BCUT2D eigenvalue weighted by molar-refractivity contribution is 5.83. The lowest BCUT2D eigenvalue weighted by atomic mass is 9.99. The summed E-state index contributed by atoms with van der Waals surface area (Å²) in [4.78, 5) is 14.1. The molecule has 1 aromatic carbocycles. The summed E-state index contributed by atoms with van der Waals surface area (Å²) < 4.78 is 13.9. The molecule has 1 rings (SSSR count). The Kier molecular flexibility index (Phi) is 5.06. The Hall–Kier alpha value is -1.42. The van der Waals surface area contributed by atoms with Gasteiger partial charge in [0.15, 0.2) is 0 Å². The van der Waals surface area contributed by atoms with Crippen LogP contribution in [-0.2, 0) is 4.79 Å². The van der Waals surface area contributed by atoms with Gasteiger partial charge < -0.3 is 5.32 Å². The van der Waals surface area contributed by atoms with E-state index in [0.29, 0.717) is 5.56 Å². The highest BCUT2D eigenvalue weighted by Gasteiger charge is 2.29. The van der Waals surface area contributed by atoms with E-state index in [0.717, 1.165) is 6.42 Å². The number of benzene rings is 1. The van der Waals surface area contributed by atoms with Gasteiger partial charge in [-0.3, -0.25) is 9.69 Å².